The van der Waals surface area contributed by atoms with E-state index in [9.17, 15) is 19.8 Å². The van der Waals surface area contributed by atoms with Gasteiger partial charge in [-0.3, -0.25) is 9.36 Å². The summed E-state index contributed by atoms with van der Waals surface area (Å²) in [4.78, 5) is 27.0. The number of aromatic nitrogens is 2. The van der Waals surface area contributed by atoms with Gasteiger partial charge < -0.3 is 21.0 Å². The molecule has 4 N–H and O–H groups in total. The smallest absolute Gasteiger partial charge is 0.350 e. The van der Waals surface area contributed by atoms with E-state index in [1.807, 2.05) is 4.90 Å². The third-order valence-electron chi connectivity index (χ3n) is 5.98. The molecule has 1 aromatic carbocycles. The van der Waals surface area contributed by atoms with Gasteiger partial charge in [-0.05, 0) is 38.7 Å². The van der Waals surface area contributed by atoms with Gasteiger partial charge in [-0.25, -0.2) is 9.18 Å². The molecule has 1 saturated carbocycles. The molecule has 4 rings (SSSR count). The Morgan fingerprint density at radius 2 is 2.04 bits per heavy atom. The number of piperidine rings is 1. The van der Waals surface area contributed by atoms with Crippen LogP contribution in [0.3, 0.4) is 0 Å². The summed E-state index contributed by atoms with van der Waals surface area (Å²) in [6.45, 7) is 2.37. The fraction of sp³-hybridized carbons (Fsp3) is 0.579. The van der Waals surface area contributed by atoms with Crippen molar-refractivity contribution in [3.63, 3.8) is 0 Å². The minimum Gasteiger partial charge on any atom is -0.394 e. The number of fused-ring (bicyclic) bond motifs is 1. The molecule has 1 saturated heterocycles. The lowest BCUT2D eigenvalue weighted by atomic mass is 9.92. The van der Waals surface area contributed by atoms with Gasteiger partial charge in [-0.1, -0.05) is 0 Å². The quantitative estimate of drug-likeness (QED) is 0.642. The highest BCUT2D eigenvalue weighted by molar-refractivity contribution is 5.87. The number of benzene rings is 1. The van der Waals surface area contributed by atoms with Gasteiger partial charge in [0.2, 0.25) is 0 Å². The minimum absolute atomic E-state index is 0.0345. The lowest BCUT2D eigenvalue weighted by molar-refractivity contribution is 0.0413. The van der Waals surface area contributed by atoms with Gasteiger partial charge in [0, 0.05) is 30.6 Å². The summed E-state index contributed by atoms with van der Waals surface area (Å²) in [6.07, 6.45) is 2.26. The number of aliphatic hydroxyl groups excluding tert-OH is 2. The predicted octanol–water partition coefficient (Wildman–Crippen LogP) is 0.229. The van der Waals surface area contributed by atoms with Gasteiger partial charge in [-0.2, -0.15) is 4.68 Å². The maximum absolute atomic E-state index is 15.1. The van der Waals surface area contributed by atoms with Gasteiger partial charge in [-0.15, -0.1) is 0 Å². The van der Waals surface area contributed by atoms with E-state index in [2.05, 4.69) is 0 Å². The van der Waals surface area contributed by atoms with Crippen LogP contribution in [0.5, 0.6) is 0 Å². The molecule has 0 spiro atoms. The molecule has 152 valence electrons. The topological polar surface area (TPSA) is 114 Å². The van der Waals surface area contributed by atoms with Crippen LogP contribution in [0, 0.1) is 18.7 Å². The largest absolute Gasteiger partial charge is 0.394 e. The lowest BCUT2D eigenvalue weighted by Crippen LogP contribution is -2.45. The number of hydrogen-bond acceptors (Lipinski definition) is 6. The van der Waals surface area contributed by atoms with E-state index in [1.54, 1.807) is 6.92 Å². The molecule has 0 amide bonds. The zero-order valence-corrected chi connectivity index (χ0v) is 15.8. The zero-order valence-electron chi connectivity index (χ0n) is 15.8. The Labute approximate surface area is 160 Å². The lowest BCUT2D eigenvalue weighted by Gasteiger charge is -2.37. The highest BCUT2D eigenvalue weighted by atomic mass is 19.1. The summed E-state index contributed by atoms with van der Waals surface area (Å²) in [7, 11) is 0. The molecule has 1 aliphatic carbocycles. The van der Waals surface area contributed by atoms with Crippen molar-refractivity contribution in [1.29, 1.82) is 0 Å². The van der Waals surface area contributed by atoms with Crippen molar-refractivity contribution in [3.05, 3.63) is 38.3 Å². The molecule has 28 heavy (non-hydrogen) atoms. The summed E-state index contributed by atoms with van der Waals surface area (Å²) in [6, 6.07) is 1.13. The van der Waals surface area contributed by atoms with Crippen LogP contribution in [0.1, 0.15) is 37.3 Å². The normalized spacial score (nSPS) is 21.3. The highest BCUT2D eigenvalue weighted by Crippen LogP contribution is 2.39. The average Bonchev–Trinajstić information content (AvgIpc) is 3.52. The maximum Gasteiger partial charge on any atom is 0.350 e. The first-order valence-electron chi connectivity index (χ1n) is 9.64. The van der Waals surface area contributed by atoms with Crippen LogP contribution < -0.4 is 22.0 Å². The van der Waals surface area contributed by atoms with Crippen molar-refractivity contribution in [2.24, 2.45) is 5.92 Å². The molecule has 0 bridgehead atoms. The molecule has 8 nitrogen and oxygen atoms in total. The number of nitrogen functional groups attached to an aromatic ring is 1. The van der Waals surface area contributed by atoms with Gasteiger partial charge in [0.15, 0.2) is 0 Å². The van der Waals surface area contributed by atoms with E-state index in [-0.39, 0.29) is 24.0 Å². The van der Waals surface area contributed by atoms with E-state index in [0.29, 0.717) is 34.5 Å². The maximum atomic E-state index is 15.1. The van der Waals surface area contributed by atoms with Gasteiger partial charge in [0.1, 0.15) is 5.82 Å². The number of aryl methyl sites for hydroxylation is 1. The van der Waals surface area contributed by atoms with Crippen molar-refractivity contribution in [2.45, 2.75) is 44.8 Å². The molecule has 0 radical (unpaired) electrons. The van der Waals surface area contributed by atoms with Crippen LogP contribution >= 0.6 is 0 Å². The van der Waals surface area contributed by atoms with E-state index in [0.717, 1.165) is 31.7 Å². The zero-order chi connectivity index (χ0) is 20.2. The third-order valence-corrected chi connectivity index (χ3v) is 5.98. The number of nitrogens with two attached hydrogens (primary N) is 1. The molecular weight excluding hydrogens is 367 g/mol. The van der Waals surface area contributed by atoms with Crippen molar-refractivity contribution in [3.8, 4) is 0 Å². The Hall–Kier alpha value is -2.39. The minimum atomic E-state index is -0.860. The van der Waals surface area contributed by atoms with Crippen LogP contribution in [-0.2, 0) is 0 Å². The van der Waals surface area contributed by atoms with E-state index in [4.69, 9.17) is 5.84 Å². The number of aliphatic hydroxyl groups is 2. The molecule has 2 unspecified atom stereocenters. The second-order valence-corrected chi connectivity index (χ2v) is 7.89. The van der Waals surface area contributed by atoms with E-state index in [1.165, 1.54) is 4.57 Å². The Kier molecular flexibility index (Phi) is 4.67. The SMILES string of the molecule is Cc1c(N2CCCC(C(O)CO)C2)c(F)cc2c(=O)n(N)c(=O)n(C3CC3)c12. The molecule has 2 atom stereocenters. The number of halogens is 1. The van der Waals surface area contributed by atoms with Crippen molar-refractivity contribution >= 4 is 16.6 Å². The molecule has 2 aromatic rings. The fourth-order valence-corrected chi connectivity index (χ4v) is 4.39. The van der Waals surface area contributed by atoms with Crippen LogP contribution in [-0.4, -0.2) is 45.3 Å². The monoisotopic (exact) mass is 392 g/mol. The van der Waals surface area contributed by atoms with E-state index < -0.39 is 23.2 Å². The van der Waals surface area contributed by atoms with Crippen LogP contribution in [0.4, 0.5) is 10.1 Å². The molecule has 9 heteroatoms. The van der Waals surface area contributed by atoms with Gasteiger partial charge in [0.25, 0.3) is 5.56 Å². The first-order chi connectivity index (χ1) is 13.3. The third kappa shape index (κ3) is 2.89. The van der Waals surface area contributed by atoms with Crippen molar-refractivity contribution < 1.29 is 14.6 Å². The highest BCUT2D eigenvalue weighted by Gasteiger charge is 2.32. The summed E-state index contributed by atoms with van der Waals surface area (Å²) in [5, 5.41) is 19.4. The molecular formula is C19H25FN4O4. The van der Waals surface area contributed by atoms with Crippen LogP contribution in [0.25, 0.3) is 10.9 Å². The molecule has 2 aliphatic rings. The van der Waals surface area contributed by atoms with Crippen LogP contribution in [0.2, 0.25) is 0 Å². The number of rotatable bonds is 4. The second kappa shape index (κ2) is 6.89. The van der Waals surface area contributed by atoms with E-state index >= 15 is 4.39 Å². The molecule has 1 aliphatic heterocycles. The number of anilines is 1. The molecule has 2 heterocycles. The second-order valence-electron chi connectivity index (χ2n) is 7.89. The average molecular weight is 392 g/mol. The standard InChI is InChI=1S/C19H25FN4O4/c1-10-16-13(18(27)24(21)19(28)23(16)12-4-5-12)7-14(20)17(10)22-6-2-3-11(8-22)15(26)9-25/h7,11-12,15,25-26H,2-6,8-9,21H2,1H3. The Morgan fingerprint density at radius 3 is 2.68 bits per heavy atom. The summed E-state index contributed by atoms with van der Waals surface area (Å²) < 4.78 is 17.2. The fourth-order valence-electron chi connectivity index (χ4n) is 4.39. The Bertz CT molecular complexity index is 1040. The summed E-state index contributed by atoms with van der Waals surface area (Å²) in [5.41, 5.74) is -0.00728. The first-order valence-corrected chi connectivity index (χ1v) is 9.64. The summed E-state index contributed by atoms with van der Waals surface area (Å²) in [5.74, 6) is 4.92. The Balaban J connectivity index is 1.91. The molecule has 1 aromatic heterocycles. The first kappa shape index (κ1) is 18.9. The van der Waals surface area contributed by atoms with Gasteiger partial charge >= 0.3 is 5.69 Å². The number of hydrogen-bond donors (Lipinski definition) is 3. The number of nitrogens with zero attached hydrogens (tertiary/aromatic N) is 3. The predicted molar refractivity (Wildman–Crippen MR) is 104 cm³/mol. The Morgan fingerprint density at radius 1 is 1.32 bits per heavy atom. The van der Waals surface area contributed by atoms with Crippen molar-refractivity contribution in [1.82, 2.24) is 9.24 Å². The summed E-state index contributed by atoms with van der Waals surface area (Å²) >= 11 is 0. The van der Waals surface area contributed by atoms with Gasteiger partial charge in [0.05, 0.1) is 29.3 Å². The van der Waals surface area contributed by atoms with Crippen LogP contribution in [0.15, 0.2) is 15.7 Å². The molecule has 2 fully saturated rings. The van der Waals surface area contributed by atoms with Crippen molar-refractivity contribution in [2.75, 3.05) is 30.4 Å².